The Morgan fingerprint density at radius 2 is 1.69 bits per heavy atom. The highest BCUT2D eigenvalue weighted by atomic mass is 32.2. The Bertz CT molecular complexity index is 1310. The topological polar surface area (TPSA) is 144 Å². The van der Waals surface area contributed by atoms with Crippen LogP contribution in [0.25, 0.3) is 11.3 Å². The van der Waals surface area contributed by atoms with E-state index in [-0.39, 0.29) is 17.2 Å². The minimum Gasteiger partial charge on any atom is -0.382 e. The summed E-state index contributed by atoms with van der Waals surface area (Å²) in [6.45, 7) is 7.28. The lowest BCUT2D eigenvalue weighted by atomic mass is 10.1. The first-order valence-corrected chi connectivity index (χ1v) is 12.3. The highest BCUT2D eigenvalue weighted by molar-refractivity contribution is 7.90. The number of aromatic nitrogens is 2. The standard InChI is InChI=1S/C20H18FN5O4S.C4H10/c1-11-3-5-13(6-4-11)16-10-23-19(22)18(25-16)20(28)24-14-7-8-17(15(21)9-14)31(29,30)26-12(2)27;1-3-4-2/h3-10H,1-2H3,(H2,22,23)(H,24,28)(H,26,27);3-4H2,1-2H3. The summed E-state index contributed by atoms with van der Waals surface area (Å²) in [5.74, 6) is -2.90. The van der Waals surface area contributed by atoms with E-state index in [9.17, 15) is 22.4 Å². The van der Waals surface area contributed by atoms with Gasteiger partial charge in [0.2, 0.25) is 5.91 Å². The van der Waals surface area contributed by atoms with Crippen LogP contribution in [-0.4, -0.2) is 30.2 Å². The number of hydrogen-bond acceptors (Lipinski definition) is 7. The van der Waals surface area contributed by atoms with Gasteiger partial charge in [0.15, 0.2) is 11.5 Å². The zero-order valence-electron chi connectivity index (χ0n) is 19.9. The quantitative estimate of drug-likeness (QED) is 0.462. The van der Waals surface area contributed by atoms with E-state index < -0.39 is 32.6 Å². The molecule has 0 fully saturated rings. The van der Waals surface area contributed by atoms with Crippen LogP contribution in [-0.2, 0) is 14.8 Å². The van der Waals surface area contributed by atoms with Crippen LogP contribution < -0.4 is 15.8 Å². The van der Waals surface area contributed by atoms with Crippen LogP contribution in [0.2, 0.25) is 0 Å². The van der Waals surface area contributed by atoms with Crippen LogP contribution in [0.3, 0.4) is 0 Å². The third kappa shape index (κ3) is 7.57. The summed E-state index contributed by atoms with van der Waals surface area (Å²) >= 11 is 0. The third-order valence-corrected chi connectivity index (χ3v) is 6.09. The predicted molar refractivity (Wildman–Crippen MR) is 133 cm³/mol. The molecular weight excluding hydrogens is 473 g/mol. The lowest BCUT2D eigenvalue weighted by Gasteiger charge is -2.10. The first-order chi connectivity index (χ1) is 16.5. The molecule has 11 heteroatoms. The largest absolute Gasteiger partial charge is 0.382 e. The highest BCUT2D eigenvalue weighted by Gasteiger charge is 2.21. The minimum atomic E-state index is -4.36. The molecule has 0 aliphatic heterocycles. The van der Waals surface area contributed by atoms with E-state index >= 15 is 0 Å². The summed E-state index contributed by atoms with van der Waals surface area (Å²) < 4.78 is 39.9. The van der Waals surface area contributed by atoms with E-state index in [0.29, 0.717) is 5.69 Å². The van der Waals surface area contributed by atoms with Crippen LogP contribution in [0.1, 0.15) is 49.7 Å². The Balaban J connectivity index is 0.00000100. The van der Waals surface area contributed by atoms with Gasteiger partial charge in [-0.25, -0.2) is 27.5 Å². The molecule has 0 saturated carbocycles. The number of nitrogen functional groups attached to an aromatic ring is 1. The van der Waals surface area contributed by atoms with Gasteiger partial charge in [0.1, 0.15) is 10.7 Å². The number of carbonyl (C=O) groups excluding carboxylic acids is 2. The molecule has 4 N–H and O–H groups in total. The van der Waals surface area contributed by atoms with Crippen molar-refractivity contribution in [1.29, 1.82) is 0 Å². The van der Waals surface area contributed by atoms with Gasteiger partial charge in [-0.1, -0.05) is 56.5 Å². The summed E-state index contributed by atoms with van der Waals surface area (Å²) in [6.07, 6.45) is 4.07. The van der Waals surface area contributed by atoms with Gasteiger partial charge in [-0.05, 0) is 25.1 Å². The predicted octanol–water partition coefficient (Wildman–Crippen LogP) is 4.06. The Kier molecular flexibility index (Phi) is 9.41. The fourth-order valence-electron chi connectivity index (χ4n) is 2.66. The Hall–Kier alpha value is -3.86. The maximum Gasteiger partial charge on any atom is 0.278 e. The van der Waals surface area contributed by atoms with E-state index in [2.05, 4.69) is 29.1 Å². The molecule has 2 amide bonds. The smallest absolute Gasteiger partial charge is 0.278 e. The molecule has 3 rings (SSSR count). The van der Waals surface area contributed by atoms with Crippen molar-refractivity contribution < 1.29 is 22.4 Å². The number of nitrogens with one attached hydrogen (secondary N) is 2. The molecule has 2 aromatic carbocycles. The van der Waals surface area contributed by atoms with Crippen molar-refractivity contribution in [3.05, 3.63) is 65.7 Å². The van der Waals surface area contributed by atoms with E-state index in [1.54, 1.807) is 4.72 Å². The van der Waals surface area contributed by atoms with Gasteiger partial charge in [0.05, 0.1) is 11.9 Å². The average Bonchev–Trinajstić information content (AvgIpc) is 2.79. The summed E-state index contributed by atoms with van der Waals surface area (Å²) in [7, 11) is -4.36. The maximum atomic E-state index is 14.3. The molecule has 0 aliphatic rings. The number of benzene rings is 2. The highest BCUT2D eigenvalue weighted by Crippen LogP contribution is 2.22. The molecule has 9 nitrogen and oxygen atoms in total. The number of carbonyl (C=O) groups is 2. The number of sulfonamides is 1. The molecule has 186 valence electrons. The van der Waals surface area contributed by atoms with E-state index in [1.807, 2.05) is 31.2 Å². The number of unbranched alkanes of at least 4 members (excludes halogenated alkanes) is 1. The second-order valence-corrected chi connectivity index (χ2v) is 9.27. The number of amides is 2. The van der Waals surface area contributed by atoms with Gasteiger partial charge in [-0.2, -0.15) is 0 Å². The lowest BCUT2D eigenvalue weighted by Crippen LogP contribution is -2.29. The van der Waals surface area contributed by atoms with E-state index in [0.717, 1.165) is 30.2 Å². The van der Waals surface area contributed by atoms with Crippen LogP contribution in [0.5, 0.6) is 0 Å². The second kappa shape index (κ2) is 12.0. The normalized spacial score (nSPS) is 10.7. The van der Waals surface area contributed by atoms with Gasteiger partial charge in [0.25, 0.3) is 15.9 Å². The van der Waals surface area contributed by atoms with Gasteiger partial charge < -0.3 is 11.1 Å². The number of nitrogens with two attached hydrogens (primary N) is 1. The van der Waals surface area contributed by atoms with Crippen molar-refractivity contribution in [3.63, 3.8) is 0 Å². The fourth-order valence-corrected chi connectivity index (χ4v) is 3.71. The van der Waals surface area contributed by atoms with E-state index in [4.69, 9.17) is 5.73 Å². The molecule has 0 unspecified atom stereocenters. The Morgan fingerprint density at radius 3 is 2.23 bits per heavy atom. The molecule has 0 saturated heterocycles. The number of anilines is 2. The minimum absolute atomic E-state index is 0.0359. The van der Waals surface area contributed by atoms with Crippen molar-refractivity contribution in [2.75, 3.05) is 11.1 Å². The van der Waals surface area contributed by atoms with Crippen LogP contribution in [0.4, 0.5) is 15.9 Å². The van der Waals surface area contributed by atoms with Gasteiger partial charge >= 0.3 is 0 Å². The Labute approximate surface area is 204 Å². The van der Waals surface area contributed by atoms with Crippen LogP contribution in [0.15, 0.2) is 53.6 Å². The number of nitrogens with zero attached hydrogens (tertiary/aromatic N) is 2. The molecule has 35 heavy (non-hydrogen) atoms. The molecular formula is C24H28FN5O4S. The van der Waals surface area contributed by atoms with Crippen molar-refractivity contribution in [2.24, 2.45) is 0 Å². The maximum absolute atomic E-state index is 14.3. The number of halogens is 1. The molecule has 0 spiro atoms. The summed E-state index contributed by atoms with van der Waals surface area (Å²) in [5, 5.41) is 2.40. The van der Waals surface area contributed by atoms with Crippen molar-refractivity contribution in [1.82, 2.24) is 14.7 Å². The van der Waals surface area contributed by atoms with Crippen molar-refractivity contribution in [2.45, 2.75) is 45.4 Å². The van der Waals surface area contributed by atoms with Gasteiger partial charge in [-0.15, -0.1) is 0 Å². The third-order valence-electron chi connectivity index (χ3n) is 4.62. The summed E-state index contributed by atoms with van der Waals surface area (Å²) in [4.78, 5) is 31.1. The average molecular weight is 502 g/mol. The zero-order chi connectivity index (χ0) is 26.2. The first-order valence-electron chi connectivity index (χ1n) is 10.8. The van der Waals surface area contributed by atoms with E-state index in [1.165, 1.54) is 25.1 Å². The molecule has 0 atom stereocenters. The summed E-state index contributed by atoms with van der Waals surface area (Å²) in [5.41, 5.74) is 7.77. The van der Waals surface area contributed by atoms with Crippen LogP contribution >= 0.6 is 0 Å². The molecule has 1 aromatic heterocycles. The van der Waals surface area contributed by atoms with Gasteiger partial charge in [0, 0.05) is 18.2 Å². The molecule has 0 bridgehead atoms. The number of aryl methyl sites for hydroxylation is 1. The van der Waals surface area contributed by atoms with Crippen molar-refractivity contribution >= 4 is 33.3 Å². The fraction of sp³-hybridized carbons (Fsp3) is 0.250. The molecule has 1 heterocycles. The monoisotopic (exact) mass is 501 g/mol. The molecule has 3 aromatic rings. The summed E-state index contributed by atoms with van der Waals surface area (Å²) in [6, 6.07) is 10.3. The molecule has 0 aliphatic carbocycles. The van der Waals surface area contributed by atoms with Gasteiger partial charge in [-0.3, -0.25) is 9.59 Å². The second-order valence-electron chi connectivity index (χ2n) is 7.62. The lowest BCUT2D eigenvalue weighted by molar-refractivity contribution is -0.117. The zero-order valence-corrected chi connectivity index (χ0v) is 20.7. The number of hydrogen-bond donors (Lipinski definition) is 3. The number of rotatable bonds is 6. The van der Waals surface area contributed by atoms with Crippen LogP contribution in [0, 0.1) is 12.7 Å². The molecule has 0 radical (unpaired) electrons. The first kappa shape index (κ1) is 27.4. The SMILES string of the molecule is CC(=O)NS(=O)(=O)c1ccc(NC(=O)c2nc(-c3ccc(C)cc3)cnc2N)cc1F.CCCC. The Morgan fingerprint density at radius 1 is 1.06 bits per heavy atom. The van der Waals surface area contributed by atoms with Crippen molar-refractivity contribution in [3.8, 4) is 11.3 Å².